The van der Waals surface area contributed by atoms with Gasteiger partial charge in [0.05, 0.1) is 0 Å². The van der Waals surface area contributed by atoms with Crippen molar-refractivity contribution in [2.75, 3.05) is 0 Å². The van der Waals surface area contributed by atoms with Crippen LogP contribution in [-0.2, 0) is 7.05 Å². The monoisotopic (exact) mass is 294 g/mol. The smallest absolute Gasteiger partial charge is 0.279 e. The number of nitrogens with one attached hydrogen (secondary N) is 1. The first-order chi connectivity index (χ1) is 10.6. The molecule has 0 unspecified atom stereocenters. The third-order valence-corrected chi connectivity index (χ3v) is 3.50. The molecule has 1 N–H and O–H groups in total. The number of benzene rings is 1. The zero-order valence-corrected chi connectivity index (χ0v) is 11.5. The van der Waals surface area contributed by atoms with E-state index in [0.29, 0.717) is 5.69 Å². The lowest BCUT2D eigenvalue weighted by Gasteiger charge is -2.00. The second kappa shape index (κ2) is 4.35. The van der Waals surface area contributed by atoms with E-state index in [1.165, 1.54) is 4.57 Å². The van der Waals surface area contributed by atoms with E-state index in [0.717, 1.165) is 5.56 Å². The van der Waals surface area contributed by atoms with Gasteiger partial charge in [-0.25, -0.2) is 4.79 Å². The van der Waals surface area contributed by atoms with Gasteiger partial charge in [0.1, 0.15) is 5.69 Å². The number of hydrogen-bond acceptors (Lipinski definition) is 5. The number of aromatic amines is 1. The third-order valence-electron chi connectivity index (χ3n) is 3.50. The number of hydrogen-bond donors (Lipinski definition) is 1. The molecular formula is C14H10N6O2. The Morgan fingerprint density at radius 1 is 1.09 bits per heavy atom. The predicted molar refractivity (Wildman–Crippen MR) is 79.6 cm³/mol. The Hall–Kier alpha value is -3.29. The largest absolute Gasteiger partial charge is 0.329 e. The fourth-order valence-corrected chi connectivity index (χ4v) is 2.37. The second-order valence-corrected chi connectivity index (χ2v) is 4.85. The zero-order chi connectivity index (χ0) is 15.3. The topological polar surface area (TPSA) is 97.9 Å². The molecule has 0 saturated heterocycles. The summed E-state index contributed by atoms with van der Waals surface area (Å²) in [4.78, 5) is 30.2. The average molecular weight is 294 g/mol. The van der Waals surface area contributed by atoms with Gasteiger partial charge in [-0.05, 0) is 0 Å². The van der Waals surface area contributed by atoms with E-state index < -0.39 is 11.2 Å². The summed E-state index contributed by atoms with van der Waals surface area (Å²) in [5, 5.41) is 8.16. The Kier molecular flexibility index (Phi) is 2.46. The fraction of sp³-hybridized carbons (Fsp3) is 0.0714. The van der Waals surface area contributed by atoms with Crippen molar-refractivity contribution >= 4 is 16.9 Å². The summed E-state index contributed by atoms with van der Waals surface area (Å²) in [6, 6.07) is 9.49. The fourth-order valence-electron chi connectivity index (χ4n) is 2.37. The molecule has 0 bridgehead atoms. The molecule has 4 rings (SSSR count). The first-order valence-electron chi connectivity index (χ1n) is 6.55. The number of aryl methyl sites for hydroxylation is 1. The SMILES string of the molecule is Cn1c(=O)[nH]c(=O)c2c1nc1nnc(-c3ccccc3)cn12. The number of nitrogens with zero attached hydrogens (tertiary/aromatic N) is 5. The molecule has 3 aromatic heterocycles. The van der Waals surface area contributed by atoms with E-state index in [4.69, 9.17) is 0 Å². The van der Waals surface area contributed by atoms with Gasteiger partial charge < -0.3 is 0 Å². The van der Waals surface area contributed by atoms with Gasteiger partial charge in [0.15, 0.2) is 11.2 Å². The molecular weight excluding hydrogens is 284 g/mol. The molecule has 22 heavy (non-hydrogen) atoms. The summed E-state index contributed by atoms with van der Waals surface area (Å²) in [7, 11) is 1.54. The Morgan fingerprint density at radius 3 is 2.64 bits per heavy atom. The van der Waals surface area contributed by atoms with Crippen LogP contribution in [0.5, 0.6) is 0 Å². The quantitative estimate of drug-likeness (QED) is 0.545. The van der Waals surface area contributed by atoms with Crippen molar-refractivity contribution in [3.05, 3.63) is 57.4 Å². The molecule has 0 spiro atoms. The van der Waals surface area contributed by atoms with Crippen molar-refractivity contribution in [3.8, 4) is 11.3 Å². The average Bonchev–Trinajstić information content (AvgIpc) is 2.92. The van der Waals surface area contributed by atoms with Gasteiger partial charge in [0.25, 0.3) is 11.3 Å². The van der Waals surface area contributed by atoms with Gasteiger partial charge in [0.2, 0.25) is 0 Å². The number of fused-ring (bicyclic) bond motifs is 3. The highest BCUT2D eigenvalue weighted by Crippen LogP contribution is 2.17. The summed E-state index contributed by atoms with van der Waals surface area (Å²) >= 11 is 0. The van der Waals surface area contributed by atoms with Crippen LogP contribution >= 0.6 is 0 Å². The first kappa shape index (κ1) is 12.5. The van der Waals surface area contributed by atoms with Gasteiger partial charge in [-0.15, -0.1) is 10.2 Å². The van der Waals surface area contributed by atoms with Crippen molar-refractivity contribution in [2.45, 2.75) is 0 Å². The molecule has 0 amide bonds. The van der Waals surface area contributed by atoms with Crippen LogP contribution in [0.2, 0.25) is 0 Å². The molecule has 0 aliphatic heterocycles. The molecule has 8 heteroatoms. The summed E-state index contributed by atoms with van der Waals surface area (Å²) in [5.74, 6) is 0.265. The molecule has 108 valence electrons. The summed E-state index contributed by atoms with van der Waals surface area (Å²) in [6.45, 7) is 0. The van der Waals surface area contributed by atoms with Crippen LogP contribution in [0, 0.1) is 0 Å². The van der Waals surface area contributed by atoms with Crippen LogP contribution in [0.15, 0.2) is 46.1 Å². The minimum Gasteiger partial charge on any atom is -0.279 e. The van der Waals surface area contributed by atoms with Crippen LogP contribution in [-0.4, -0.2) is 29.1 Å². The number of imidazole rings is 1. The molecule has 1 aromatic carbocycles. The maximum atomic E-state index is 12.1. The van der Waals surface area contributed by atoms with Crippen molar-refractivity contribution in [2.24, 2.45) is 7.05 Å². The molecule has 0 radical (unpaired) electrons. The minimum absolute atomic E-state index is 0.265. The van der Waals surface area contributed by atoms with Crippen LogP contribution in [0.3, 0.4) is 0 Å². The highest BCUT2D eigenvalue weighted by atomic mass is 16.2. The maximum absolute atomic E-state index is 12.1. The molecule has 0 aliphatic rings. The van der Waals surface area contributed by atoms with Crippen LogP contribution in [0.25, 0.3) is 28.2 Å². The predicted octanol–water partition coefficient (Wildman–Crippen LogP) is 0.331. The highest BCUT2D eigenvalue weighted by molar-refractivity contribution is 5.75. The number of aromatic nitrogens is 6. The highest BCUT2D eigenvalue weighted by Gasteiger charge is 2.14. The molecule has 0 aliphatic carbocycles. The van der Waals surface area contributed by atoms with Gasteiger partial charge in [-0.3, -0.25) is 18.7 Å². The van der Waals surface area contributed by atoms with E-state index >= 15 is 0 Å². The van der Waals surface area contributed by atoms with Crippen molar-refractivity contribution in [1.82, 2.24) is 29.1 Å². The van der Waals surface area contributed by atoms with Crippen molar-refractivity contribution in [1.29, 1.82) is 0 Å². The van der Waals surface area contributed by atoms with E-state index in [1.54, 1.807) is 17.6 Å². The first-order valence-corrected chi connectivity index (χ1v) is 6.55. The minimum atomic E-state index is -0.517. The van der Waals surface area contributed by atoms with Crippen LogP contribution in [0.1, 0.15) is 0 Å². The van der Waals surface area contributed by atoms with E-state index in [-0.39, 0.29) is 16.9 Å². The van der Waals surface area contributed by atoms with E-state index in [2.05, 4.69) is 20.2 Å². The molecule has 8 nitrogen and oxygen atoms in total. The van der Waals surface area contributed by atoms with Gasteiger partial charge in [-0.2, -0.15) is 4.98 Å². The Morgan fingerprint density at radius 2 is 1.86 bits per heavy atom. The van der Waals surface area contributed by atoms with E-state index in [1.807, 2.05) is 30.3 Å². The number of rotatable bonds is 1. The van der Waals surface area contributed by atoms with Crippen LogP contribution < -0.4 is 11.2 Å². The standard InChI is InChI=1S/C14H10N6O2/c1-19-11-10(12(21)16-14(19)22)20-7-9(17-18-13(20)15-11)8-5-3-2-4-6-8/h2-7H,1H3,(H,16,21,22). The molecule has 4 aromatic rings. The van der Waals surface area contributed by atoms with Crippen molar-refractivity contribution < 1.29 is 0 Å². The van der Waals surface area contributed by atoms with Crippen molar-refractivity contribution in [3.63, 3.8) is 0 Å². The summed E-state index contributed by atoms with van der Waals surface area (Å²) in [5.41, 5.74) is 1.01. The lowest BCUT2D eigenvalue weighted by Crippen LogP contribution is -2.28. The molecule has 3 heterocycles. The Labute approximate surface area is 122 Å². The third kappa shape index (κ3) is 1.67. The Bertz CT molecular complexity index is 1120. The lowest BCUT2D eigenvalue weighted by atomic mass is 10.2. The Balaban J connectivity index is 2.12. The maximum Gasteiger partial charge on any atom is 0.329 e. The summed E-state index contributed by atoms with van der Waals surface area (Å²) < 4.78 is 2.82. The zero-order valence-electron chi connectivity index (χ0n) is 11.5. The summed E-state index contributed by atoms with van der Waals surface area (Å²) in [6.07, 6.45) is 1.69. The molecule has 0 atom stereocenters. The molecule has 0 saturated carbocycles. The van der Waals surface area contributed by atoms with Gasteiger partial charge in [-0.1, -0.05) is 30.3 Å². The second-order valence-electron chi connectivity index (χ2n) is 4.85. The lowest BCUT2D eigenvalue weighted by molar-refractivity contribution is 0.832. The number of H-pyrrole nitrogens is 1. The normalized spacial score (nSPS) is 11.3. The van der Waals surface area contributed by atoms with Gasteiger partial charge in [0, 0.05) is 18.8 Å². The van der Waals surface area contributed by atoms with E-state index in [9.17, 15) is 9.59 Å². The molecule has 0 fully saturated rings. The van der Waals surface area contributed by atoms with Gasteiger partial charge >= 0.3 is 5.69 Å². The van der Waals surface area contributed by atoms with Crippen LogP contribution in [0.4, 0.5) is 0 Å².